The van der Waals surface area contributed by atoms with Crippen molar-refractivity contribution in [1.29, 1.82) is 0 Å². The highest BCUT2D eigenvalue weighted by Gasteiger charge is 2.34. The average Bonchev–Trinajstić information content (AvgIpc) is 3.62. The van der Waals surface area contributed by atoms with Crippen LogP contribution in [-0.2, 0) is 17.9 Å². The van der Waals surface area contributed by atoms with Gasteiger partial charge in [-0.25, -0.2) is 4.39 Å². The number of hydrogen-bond acceptors (Lipinski definition) is 4. The SMILES string of the molecule is Cc1cccc(NC(=O)c2nn(Cc3ccc(F)c(NC(=O)C=CCCl)c3)c3c2CN(C(=O)c2ccc[nH]2)CC3C)c1. The number of allylic oxidation sites excluding steroid dienone is 1. The van der Waals surface area contributed by atoms with Crippen LogP contribution >= 0.6 is 11.6 Å². The summed E-state index contributed by atoms with van der Waals surface area (Å²) in [5.74, 6) is -1.64. The molecule has 2 aromatic carbocycles. The normalized spacial score (nSPS) is 14.6. The lowest BCUT2D eigenvalue weighted by molar-refractivity contribution is -0.111. The Bertz CT molecular complexity index is 1660. The van der Waals surface area contributed by atoms with E-state index in [1.165, 1.54) is 24.3 Å². The zero-order chi connectivity index (χ0) is 29.8. The van der Waals surface area contributed by atoms with Crippen LogP contribution in [0.3, 0.4) is 0 Å². The summed E-state index contributed by atoms with van der Waals surface area (Å²) < 4.78 is 16.3. The van der Waals surface area contributed by atoms with Crippen LogP contribution in [-0.4, -0.2) is 49.8 Å². The number of fused-ring (bicyclic) bond motifs is 1. The summed E-state index contributed by atoms with van der Waals surface area (Å²) in [5.41, 5.74) is 4.46. The topological polar surface area (TPSA) is 112 Å². The van der Waals surface area contributed by atoms with E-state index >= 15 is 0 Å². The van der Waals surface area contributed by atoms with Gasteiger partial charge in [-0.3, -0.25) is 19.1 Å². The molecule has 2 aromatic heterocycles. The number of aryl methyl sites for hydroxylation is 1. The molecule has 0 saturated heterocycles. The molecule has 1 atom stereocenters. The number of aromatic nitrogens is 3. The van der Waals surface area contributed by atoms with Crippen molar-refractivity contribution in [1.82, 2.24) is 19.7 Å². The lowest BCUT2D eigenvalue weighted by atomic mass is 9.95. The Labute approximate surface area is 247 Å². The molecule has 4 aromatic rings. The van der Waals surface area contributed by atoms with Crippen molar-refractivity contribution in [3.05, 3.63) is 113 Å². The fraction of sp³-hybridized carbons (Fsp3) is 0.226. The van der Waals surface area contributed by atoms with Gasteiger partial charge in [0.15, 0.2) is 5.69 Å². The van der Waals surface area contributed by atoms with E-state index in [0.29, 0.717) is 29.1 Å². The van der Waals surface area contributed by atoms with Gasteiger partial charge >= 0.3 is 0 Å². The maximum absolute atomic E-state index is 14.5. The lowest BCUT2D eigenvalue weighted by Gasteiger charge is -2.32. The number of halogens is 2. The van der Waals surface area contributed by atoms with Gasteiger partial charge in [0, 0.05) is 47.6 Å². The predicted octanol–water partition coefficient (Wildman–Crippen LogP) is 5.45. The summed E-state index contributed by atoms with van der Waals surface area (Å²) in [4.78, 5) is 43.6. The minimum absolute atomic E-state index is 0.0194. The molecule has 3 amide bonds. The summed E-state index contributed by atoms with van der Waals surface area (Å²) in [5, 5.41) is 10.2. The summed E-state index contributed by atoms with van der Waals surface area (Å²) >= 11 is 5.59. The third kappa shape index (κ3) is 6.28. The first-order valence-electron chi connectivity index (χ1n) is 13.5. The van der Waals surface area contributed by atoms with Crippen LogP contribution < -0.4 is 10.6 Å². The Morgan fingerprint density at radius 1 is 1.14 bits per heavy atom. The standard InChI is InChI=1S/C31H30ClFN6O3/c1-19-6-3-7-22(14-19)35-30(41)28-23-18-38(31(42)25-8-5-13-34-25)16-20(2)29(23)39(37-28)17-21-10-11-24(33)26(15-21)36-27(40)9-4-12-32/h3-11,13-15,20,34H,12,16-18H2,1-2H3,(H,35,41)(H,36,40). The monoisotopic (exact) mass is 588 g/mol. The van der Waals surface area contributed by atoms with Crippen molar-refractivity contribution in [2.75, 3.05) is 23.1 Å². The fourth-order valence-electron chi connectivity index (χ4n) is 5.16. The zero-order valence-electron chi connectivity index (χ0n) is 23.2. The Morgan fingerprint density at radius 2 is 1.98 bits per heavy atom. The molecule has 1 unspecified atom stereocenters. The van der Waals surface area contributed by atoms with Crippen LogP contribution in [0.15, 0.2) is 72.9 Å². The number of alkyl halides is 1. The van der Waals surface area contributed by atoms with E-state index < -0.39 is 17.6 Å². The summed E-state index contributed by atoms with van der Waals surface area (Å²) in [7, 11) is 0. The number of benzene rings is 2. The van der Waals surface area contributed by atoms with Gasteiger partial charge in [0.05, 0.1) is 18.8 Å². The van der Waals surface area contributed by atoms with Crippen LogP contribution in [0.1, 0.15) is 56.2 Å². The van der Waals surface area contributed by atoms with Gasteiger partial charge in [0.2, 0.25) is 5.91 Å². The number of carbonyl (C=O) groups excluding carboxylic acids is 3. The largest absolute Gasteiger partial charge is 0.357 e. The van der Waals surface area contributed by atoms with Gasteiger partial charge < -0.3 is 20.5 Å². The first-order chi connectivity index (χ1) is 20.2. The van der Waals surface area contributed by atoms with Crippen molar-refractivity contribution in [3.63, 3.8) is 0 Å². The molecule has 216 valence electrons. The van der Waals surface area contributed by atoms with E-state index in [-0.39, 0.29) is 42.2 Å². The van der Waals surface area contributed by atoms with Gasteiger partial charge in [-0.05, 0) is 54.4 Å². The zero-order valence-corrected chi connectivity index (χ0v) is 23.9. The minimum Gasteiger partial charge on any atom is -0.357 e. The number of rotatable bonds is 8. The van der Waals surface area contributed by atoms with Gasteiger partial charge in [0.1, 0.15) is 11.5 Å². The molecule has 0 aliphatic carbocycles. The van der Waals surface area contributed by atoms with Crippen LogP contribution in [0.25, 0.3) is 0 Å². The molecule has 1 aliphatic heterocycles. The molecule has 5 rings (SSSR count). The highest BCUT2D eigenvalue weighted by molar-refractivity contribution is 6.19. The second-order valence-corrected chi connectivity index (χ2v) is 10.5. The highest BCUT2D eigenvalue weighted by Crippen LogP contribution is 2.32. The molecular weight excluding hydrogens is 559 g/mol. The predicted molar refractivity (Wildman–Crippen MR) is 159 cm³/mol. The Morgan fingerprint density at radius 3 is 2.71 bits per heavy atom. The van der Waals surface area contributed by atoms with Crippen molar-refractivity contribution in [2.45, 2.75) is 32.9 Å². The van der Waals surface area contributed by atoms with E-state index in [1.807, 2.05) is 32.0 Å². The van der Waals surface area contributed by atoms with E-state index in [0.717, 1.165) is 11.3 Å². The number of nitrogens with zero attached hydrogens (tertiary/aromatic N) is 3. The van der Waals surface area contributed by atoms with E-state index in [1.54, 1.807) is 40.0 Å². The maximum atomic E-state index is 14.5. The first-order valence-corrected chi connectivity index (χ1v) is 14.0. The third-order valence-electron chi connectivity index (χ3n) is 6.99. The molecule has 3 N–H and O–H groups in total. The molecule has 0 saturated carbocycles. The van der Waals surface area contributed by atoms with Crippen molar-refractivity contribution >= 4 is 40.7 Å². The van der Waals surface area contributed by atoms with E-state index in [9.17, 15) is 18.8 Å². The van der Waals surface area contributed by atoms with Gasteiger partial charge in [0.25, 0.3) is 11.8 Å². The van der Waals surface area contributed by atoms with Crippen molar-refractivity contribution < 1.29 is 18.8 Å². The molecule has 3 heterocycles. The quantitative estimate of drug-likeness (QED) is 0.188. The van der Waals surface area contributed by atoms with E-state index in [4.69, 9.17) is 16.7 Å². The fourth-order valence-corrected chi connectivity index (χ4v) is 5.25. The smallest absolute Gasteiger partial charge is 0.276 e. The number of carbonyl (C=O) groups is 3. The molecule has 0 fully saturated rings. The highest BCUT2D eigenvalue weighted by atomic mass is 35.5. The lowest BCUT2D eigenvalue weighted by Crippen LogP contribution is -2.38. The Kier molecular flexibility index (Phi) is 8.53. The van der Waals surface area contributed by atoms with Gasteiger partial charge in [-0.15, -0.1) is 11.6 Å². The first kappa shape index (κ1) is 28.8. The van der Waals surface area contributed by atoms with Crippen LogP contribution in [0, 0.1) is 12.7 Å². The number of aromatic amines is 1. The van der Waals surface area contributed by atoms with Gasteiger partial charge in [-0.1, -0.05) is 31.2 Å². The number of anilines is 2. The van der Waals surface area contributed by atoms with Crippen LogP contribution in [0.4, 0.5) is 15.8 Å². The van der Waals surface area contributed by atoms with Crippen molar-refractivity contribution in [3.8, 4) is 0 Å². The maximum Gasteiger partial charge on any atom is 0.276 e. The number of H-pyrrole nitrogens is 1. The number of nitrogens with one attached hydrogen (secondary N) is 3. The number of amides is 3. The average molecular weight is 589 g/mol. The van der Waals surface area contributed by atoms with E-state index in [2.05, 4.69) is 15.6 Å². The Balaban J connectivity index is 1.49. The third-order valence-corrected chi connectivity index (χ3v) is 7.17. The second kappa shape index (κ2) is 12.4. The minimum atomic E-state index is -0.584. The van der Waals surface area contributed by atoms with Gasteiger partial charge in [-0.2, -0.15) is 5.10 Å². The number of hydrogen-bond donors (Lipinski definition) is 3. The summed E-state index contributed by atoms with van der Waals surface area (Å²) in [6.45, 7) is 4.76. The van der Waals surface area contributed by atoms with Crippen LogP contribution in [0.5, 0.6) is 0 Å². The van der Waals surface area contributed by atoms with Crippen LogP contribution in [0.2, 0.25) is 0 Å². The molecule has 1 aliphatic rings. The molecule has 0 radical (unpaired) electrons. The van der Waals surface area contributed by atoms with Crippen molar-refractivity contribution in [2.24, 2.45) is 0 Å². The molecule has 0 spiro atoms. The molecule has 11 heteroatoms. The summed E-state index contributed by atoms with van der Waals surface area (Å²) in [6.07, 6.45) is 4.39. The second-order valence-electron chi connectivity index (χ2n) is 10.2. The molecule has 42 heavy (non-hydrogen) atoms. The molecule has 9 nitrogen and oxygen atoms in total. The molecular formula is C31H30ClFN6O3. The Hall–Kier alpha value is -4.70. The molecule has 0 bridgehead atoms. The summed E-state index contributed by atoms with van der Waals surface area (Å²) in [6, 6.07) is 15.4.